The molecule has 0 aromatic carbocycles. The Bertz CT molecular complexity index is 637. The first-order valence-corrected chi connectivity index (χ1v) is 8.20. The second-order valence-corrected chi connectivity index (χ2v) is 7.11. The number of carbonyl (C=O) groups is 3. The molecule has 3 fully saturated rings. The average Bonchev–Trinajstić information content (AvgIpc) is 2.95. The number of carbonyl (C=O) groups excluding carboxylic acids is 3. The van der Waals surface area contributed by atoms with Crippen LogP contribution in [0.2, 0.25) is 0 Å². The molecular weight excluding hydrogens is 282 g/mol. The van der Waals surface area contributed by atoms with Gasteiger partial charge in [-0.05, 0) is 44.6 Å². The van der Waals surface area contributed by atoms with E-state index >= 15 is 0 Å². The zero-order valence-corrected chi connectivity index (χ0v) is 13.1. The molecule has 5 heteroatoms. The summed E-state index contributed by atoms with van der Waals surface area (Å²) in [5, 5.41) is 0. The van der Waals surface area contributed by atoms with Crippen molar-refractivity contribution in [2.24, 2.45) is 5.92 Å². The predicted octanol–water partition coefficient (Wildman–Crippen LogP) is 1.75. The highest BCUT2D eigenvalue weighted by Crippen LogP contribution is 2.60. The Kier molecular flexibility index (Phi) is 2.67. The number of rotatable bonds is 0. The van der Waals surface area contributed by atoms with Gasteiger partial charge in [-0.15, -0.1) is 0 Å². The van der Waals surface area contributed by atoms with Gasteiger partial charge in [-0.2, -0.15) is 0 Å². The summed E-state index contributed by atoms with van der Waals surface area (Å²) in [6.07, 6.45) is 4.41. The summed E-state index contributed by atoms with van der Waals surface area (Å²) in [7, 11) is 0. The SMILES string of the molecule is CC1=C(C)[C@@]2(OC1=O)C(=O)C[C@@H]1CCCCN3C(=O)CC[C@]132. The monoisotopic (exact) mass is 303 g/mol. The van der Waals surface area contributed by atoms with E-state index in [1.165, 1.54) is 0 Å². The van der Waals surface area contributed by atoms with E-state index in [0.29, 0.717) is 31.4 Å². The van der Waals surface area contributed by atoms with E-state index in [4.69, 9.17) is 4.74 Å². The second kappa shape index (κ2) is 4.21. The van der Waals surface area contributed by atoms with Crippen LogP contribution in [0.5, 0.6) is 0 Å². The van der Waals surface area contributed by atoms with Gasteiger partial charge >= 0.3 is 5.97 Å². The van der Waals surface area contributed by atoms with Crippen molar-refractivity contribution in [3.8, 4) is 0 Å². The summed E-state index contributed by atoms with van der Waals surface area (Å²) >= 11 is 0. The number of nitrogens with zero attached hydrogens (tertiary/aromatic N) is 1. The molecule has 5 nitrogen and oxygen atoms in total. The van der Waals surface area contributed by atoms with Crippen LogP contribution in [0.1, 0.15) is 52.4 Å². The van der Waals surface area contributed by atoms with Crippen molar-refractivity contribution < 1.29 is 19.1 Å². The summed E-state index contributed by atoms with van der Waals surface area (Å²) in [4.78, 5) is 39.5. The summed E-state index contributed by atoms with van der Waals surface area (Å²) in [5.41, 5.74) is -0.580. The van der Waals surface area contributed by atoms with Gasteiger partial charge in [0, 0.05) is 25.0 Å². The van der Waals surface area contributed by atoms with Crippen LogP contribution in [0.15, 0.2) is 11.1 Å². The van der Waals surface area contributed by atoms with E-state index in [2.05, 4.69) is 0 Å². The van der Waals surface area contributed by atoms with Gasteiger partial charge in [0.25, 0.3) is 0 Å². The predicted molar refractivity (Wildman–Crippen MR) is 77.8 cm³/mol. The van der Waals surface area contributed by atoms with E-state index < -0.39 is 17.1 Å². The summed E-state index contributed by atoms with van der Waals surface area (Å²) in [5.74, 6) is -0.191. The highest BCUT2D eigenvalue weighted by molar-refractivity contribution is 6.06. The Balaban J connectivity index is 1.97. The standard InChI is InChI=1S/C17H21NO4/c1-10-11(2)17(22-15(10)21)13(19)9-12-5-3-4-8-18-14(20)6-7-16(12,17)18/h12H,3-9H2,1-2H3/t12-,16+,17+/m0/s1. The normalized spacial score (nSPS) is 41.1. The van der Waals surface area contributed by atoms with Gasteiger partial charge in [0.1, 0.15) is 0 Å². The number of amides is 1. The van der Waals surface area contributed by atoms with Crippen molar-refractivity contribution in [1.82, 2.24) is 4.90 Å². The molecule has 1 amide bonds. The van der Waals surface area contributed by atoms with Crippen LogP contribution in [0.4, 0.5) is 0 Å². The lowest BCUT2D eigenvalue weighted by Gasteiger charge is -2.47. The minimum atomic E-state index is -1.21. The number of Topliss-reactive ketones (excluding diaryl/α,β-unsaturated/α-hetero) is 1. The summed E-state index contributed by atoms with van der Waals surface area (Å²) < 4.78 is 5.77. The Morgan fingerprint density at radius 1 is 1.18 bits per heavy atom. The molecular formula is C17H21NO4. The van der Waals surface area contributed by atoms with Crippen LogP contribution in [0.3, 0.4) is 0 Å². The van der Waals surface area contributed by atoms with Crippen LogP contribution >= 0.6 is 0 Å². The fraction of sp³-hybridized carbons (Fsp3) is 0.706. The third-order valence-electron chi connectivity index (χ3n) is 6.44. The molecule has 22 heavy (non-hydrogen) atoms. The molecule has 2 saturated heterocycles. The molecule has 4 rings (SSSR count). The first-order chi connectivity index (χ1) is 10.4. The van der Waals surface area contributed by atoms with E-state index in [1.54, 1.807) is 6.92 Å². The lowest BCUT2D eigenvalue weighted by molar-refractivity contribution is -0.168. The van der Waals surface area contributed by atoms with Crippen molar-refractivity contribution in [2.45, 2.75) is 63.5 Å². The van der Waals surface area contributed by atoms with Gasteiger partial charge in [-0.1, -0.05) is 6.42 Å². The maximum atomic E-state index is 13.0. The third kappa shape index (κ3) is 1.29. The average molecular weight is 303 g/mol. The molecule has 3 aliphatic heterocycles. The zero-order chi connectivity index (χ0) is 15.7. The van der Waals surface area contributed by atoms with Crippen LogP contribution in [-0.4, -0.2) is 40.2 Å². The third-order valence-corrected chi connectivity index (χ3v) is 6.44. The van der Waals surface area contributed by atoms with Crippen LogP contribution in [-0.2, 0) is 19.1 Å². The number of hydrogen-bond acceptors (Lipinski definition) is 4. The molecule has 1 aliphatic carbocycles. The van der Waals surface area contributed by atoms with Crippen LogP contribution in [0, 0.1) is 5.92 Å². The fourth-order valence-corrected chi connectivity index (χ4v) is 5.36. The van der Waals surface area contributed by atoms with Gasteiger partial charge in [0.05, 0.1) is 5.54 Å². The molecule has 0 bridgehead atoms. The molecule has 3 heterocycles. The van der Waals surface area contributed by atoms with Crippen molar-refractivity contribution in [3.05, 3.63) is 11.1 Å². The lowest BCUT2D eigenvalue weighted by Crippen LogP contribution is -2.64. The number of hydrogen-bond donors (Lipinski definition) is 0. The van der Waals surface area contributed by atoms with Crippen LogP contribution < -0.4 is 0 Å². The molecule has 3 atom stereocenters. The first-order valence-electron chi connectivity index (χ1n) is 8.20. The van der Waals surface area contributed by atoms with Gasteiger partial charge < -0.3 is 9.64 Å². The molecule has 0 radical (unpaired) electrons. The molecule has 0 aromatic heterocycles. The largest absolute Gasteiger partial charge is 0.440 e. The van der Waals surface area contributed by atoms with Gasteiger partial charge in [-0.25, -0.2) is 4.79 Å². The molecule has 0 N–H and O–H groups in total. The molecule has 2 spiro atoms. The number of esters is 1. The highest BCUT2D eigenvalue weighted by atomic mass is 16.6. The van der Waals surface area contributed by atoms with Crippen molar-refractivity contribution in [1.29, 1.82) is 0 Å². The summed E-state index contributed by atoms with van der Waals surface area (Å²) in [6, 6.07) is 0. The molecule has 0 aromatic rings. The van der Waals surface area contributed by atoms with Crippen LogP contribution in [0.25, 0.3) is 0 Å². The van der Waals surface area contributed by atoms with E-state index in [0.717, 1.165) is 24.8 Å². The minimum Gasteiger partial charge on any atom is -0.440 e. The number of ketones is 1. The van der Waals surface area contributed by atoms with Crippen molar-refractivity contribution in [2.75, 3.05) is 6.54 Å². The first kappa shape index (κ1) is 14.0. The second-order valence-electron chi connectivity index (χ2n) is 7.11. The quantitative estimate of drug-likeness (QED) is 0.640. The smallest absolute Gasteiger partial charge is 0.335 e. The van der Waals surface area contributed by atoms with Crippen molar-refractivity contribution in [3.63, 3.8) is 0 Å². The Hall–Kier alpha value is -1.65. The lowest BCUT2D eigenvalue weighted by atomic mass is 9.70. The highest BCUT2D eigenvalue weighted by Gasteiger charge is 2.75. The molecule has 118 valence electrons. The van der Waals surface area contributed by atoms with Gasteiger partial charge in [-0.3, -0.25) is 9.59 Å². The maximum Gasteiger partial charge on any atom is 0.335 e. The topological polar surface area (TPSA) is 63.7 Å². The van der Waals surface area contributed by atoms with E-state index in [1.807, 2.05) is 11.8 Å². The summed E-state index contributed by atoms with van der Waals surface area (Å²) in [6.45, 7) is 4.23. The van der Waals surface area contributed by atoms with Gasteiger partial charge in [0.15, 0.2) is 5.78 Å². The fourth-order valence-electron chi connectivity index (χ4n) is 5.36. The molecule has 0 unspecified atom stereocenters. The Morgan fingerprint density at radius 3 is 2.64 bits per heavy atom. The maximum absolute atomic E-state index is 13.0. The molecule has 4 aliphatic rings. The van der Waals surface area contributed by atoms with E-state index in [-0.39, 0.29) is 17.6 Å². The minimum absolute atomic E-state index is 0.0122. The van der Waals surface area contributed by atoms with Gasteiger partial charge in [0.2, 0.25) is 11.5 Å². The molecule has 1 saturated carbocycles. The Morgan fingerprint density at radius 2 is 1.95 bits per heavy atom. The van der Waals surface area contributed by atoms with E-state index in [9.17, 15) is 14.4 Å². The number of ether oxygens (including phenoxy) is 1. The van der Waals surface area contributed by atoms with Crippen molar-refractivity contribution >= 4 is 17.7 Å². The zero-order valence-electron chi connectivity index (χ0n) is 13.1. The Labute approximate surface area is 129 Å².